The molecule has 3 N–H and O–H groups in total. The number of aliphatic imine (C=N–C) groups is 1. The molecule has 0 saturated carbocycles. The van der Waals surface area contributed by atoms with Gasteiger partial charge in [-0.15, -0.1) is 0 Å². The Kier molecular flexibility index (Phi) is 11.3. The molecule has 16 heteroatoms. The lowest BCUT2D eigenvalue weighted by molar-refractivity contribution is -0.132. The number of nitrogens with zero attached hydrogens (tertiary/aromatic N) is 6. The average Bonchev–Trinajstić information content (AvgIpc) is 3.93. The highest BCUT2D eigenvalue weighted by Crippen LogP contribution is 2.48. The molecule has 1 saturated heterocycles. The fraction of sp³-hybridized carbons (Fsp3) is 0.289. The number of carbonyl (C=O) groups is 2. The Labute approximate surface area is 350 Å². The number of nitrogens with one attached hydrogen (secondary N) is 1. The highest BCUT2D eigenvalue weighted by atomic mass is 16.6. The summed E-state index contributed by atoms with van der Waals surface area (Å²) in [7, 11) is 6.65. The lowest BCUT2D eigenvalue weighted by atomic mass is 9.64. The van der Waals surface area contributed by atoms with Crippen LogP contribution in [0.25, 0.3) is 11.2 Å². The molecule has 2 aliphatic rings. The van der Waals surface area contributed by atoms with Crippen LogP contribution in [0.4, 0.5) is 5.95 Å². The Bertz CT molecular complexity index is 2550. The molecule has 4 heterocycles. The second-order valence-electron chi connectivity index (χ2n) is 15.0. The normalized spacial score (nSPS) is 20.0. The lowest BCUT2D eigenvalue weighted by Crippen LogP contribution is -2.53. The first-order valence-electron chi connectivity index (χ1n) is 19.7. The van der Waals surface area contributed by atoms with E-state index in [1.165, 1.54) is 17.2 Å². The predicted molar refractivity (Wildman–Crippen MR) is 224 cm³/mol. The van der Waals surface area contributed by atoms with E-state index >= 15 is 0 Å². The molecule has 6 aromatic rings. The largest absolute Gasteiger partial charge is 0.497 e. The summed E-state index contributed by atoms with van der Waals surface area (Å²) < 4.78 is 26.0. The molecule has 2 amide bonds. The van der Waals surface area contributed by atoms with Crippen molar-refractivity contribution in [1.29, 1.82) is 0 Å². The molecule has 2 aromatic heterocycles. The number of methoxy groups -OCH3 is 2. The molecule has 0 aliphatic carbocycles. The molecule has 1 fully saturated rings. The Balaban J connectivity index is 1.30. The number of imide groups is 1. The fourth-order valence-electron chi connectivity index (χ4n) is 8.30. The highest BCUT2D eigenvalue weighted by Gasteiger charge is 2.57. The second kappa shape index (κ2) is 16.7. The van der Waals surface area contributed by atoms with E-state index in [2.05, 4.69) is 19.9 Å². The number of aliphatic hydroxyl groups excluding tert-OH is 2. The van der Waals surface area contributed by atoms with E-state index in [0.717, 1.165) is 4.90 Å². The van der Waals surface area contributed by atoms with E-state index in [0.29, 0.717) is 28.2 Å². The summed E-state index contributed by atoms with van der Waals surface area (Å²) in [5.74, 6) is 0.0351. The number of benzene rings is 4. The number of rotatable bonds is 14. The van der Waals surface area contributed by atoms with Gasteiger partial charge in [0.25, 0.3) is 17.4 Å². The van der Waals surface area contributed by atoms with Crippen molar-refractivity contribution in [3.8, 4) is 11.5 Å². The molecule has 8 rings (SSSR count). The zero-order valence-corrected chi connectivity index (χ0v) is 34.1. The Morgan fingerprint density at radius 3 is 1.97 bits per heavy atom. The van der Waals surface area contributed by atoms with Crippen molar-refractivity contribution in [3.05, 3.63) is 148 Å². The molecular weight excluding hydrogens is 783 g/mol. The maximum Gasteiger partial charge on any atom is 0.280 e. The van der Waals surface area contributed by atoms with Crippen molar-refractivity contribution in [2.75, 3.05) is 28.3 Å². The van der Waals surface area contributed by atoms with Crippen LogP contribution in [0.2, 0.25) is 0 Å². The molecule has 16 nitrogen and oxygen atoms in total. The minimum atomic E-state index is -1.63. The Morgan fingerprint density at radius 1 is 0.869 bits per heavy atom. The number of aromatic amines is 1. The third-order valence-corrected chi connectivity index (χ3v) is 11.2. The number of amides is 2. The van der Waals surface area contributed by atoms with E-state index in [1.807, 2.05) is 54.6 Å². The summed E-state index contributed by atoms with van der Waals surface area (Å²) in [5.41, 5.74) is 0.368. The molecule has 6 atom stereocenters. The van der Waals surface area contributed by atoms with Gasteiger partial charge in [0.05, 0.1) is 43.4 Å². The quantitative estimate of drug-likeness (QED) is 0.0607. The average molecular weight is 828 g/mol. The SMILES string of the molecule is CCC(O[C@@H]1[C@H](O)[C@@H](C(O)C(c2ccccc2)(c2ccc(OC)cc2)c2ccc(OC)cc2)O[C@H]1n1cnc2c(=O)[nH]c(N=CN(C)C)nc21)N1C(=O)c2ccccc2C1=O. The van der Waals surface area contributed by atoms with Gasteiger partial charge in [-0.25, -0.2) is 14.9 Å². The first-order chi connectivity index (χ1) is 29.5. The van der Waals surface area contributed by atoms with Crippen LogP contribution in [0.5, 0.6) is 11.5 Å². The summed E-state index contributed by atoms with van der Waals surface area (Å²) in [6.45, 7) is 1.74. The van der Waals surface area contributed by atoms with E-state index in [-0.39, 0.29) is 34.7 Å². The van der Waals surface area contributed by atoms with Crippen LogP contribution in [-0.2, 0) is 14.9 Å². The van der Waals surface area contributed by atoms with Crippen molar-refractivity contribution >= 4 is 35.3 Å². The van der Waals surface area contributed by atoms with Gasteiger partial charge in [-0.3, -0.25) is 23.9 Å². The monoisotopic (exact) mass is 827 g/mol. The van der Waals surface area contributed by atoms with Gasteiger partial charge in [-0.2, -0.15) is 4.98 Å². The number of imidazole rings is 1. The highest BCUT2D eigenvalue weighted by molar-refractivity contribution is 6.21. The van der Waals surface area contributed by atoms with E-state index in [1.54, 1.807) is 88.7 Å². The van der Waals surface area contributed by atoms with Gasteiger partial charge in [-0.05, 0) is 59.5 Å². The fourth-order valence-corrected chi connectivity index (χ4v) is 8.30. The maximum atomic E-state index is 13.8. The van der Waals surface area contributed by atoms with Crippen molar-refractivity contribution in [2.45, 2.75) is 55.6 Å². The summed E-state index contributed by atoms with van der Waals surface area (Å²) in [6, 6.07) is 30.4. The Morgan fingerprint density at radius 2 is 1.43 bits per heavy atom. The number of aliphatic hydroxyl groups is 2. The van der Waals surface area contributed by atoms with Crippen molar-refractivity contribution in [3.63, 3.8) is 0 Å². The van der Waals surface area contributed by atoms with Crippen LogP contribution in [0.1, 0.15) is 57.0 Å². The number of carbonyl (C=O) groups excluding carboxylic acids is 2. The number of hydrogen-bond donors (Lipinski definition) is 3. The van der Waals surface area contributed by atoms with Gasteiger partial charge in [0.15, 0.2) is 17.4 Å². The molecule has 4 aromatic carbocycles. The topological polar surface area (TPSA) is 194 Å². The van der Waals surface area contributed by atoms with Gasteiger partial charge >= 0.3 is 0 Å². The van der Waals surface area contributed by atoms with E-state index in [4.69, 9.17) is 18.9 Å². The first kappa shape index (κ1) is 41.0. The standard InChI is InChI=1S/C45H45N7O9/c1-6-33(52-41(56)31-14-10-11-15-32(31)42(52)57)60-37-35(53)36(61-43(37)51-25-46-34-39(51)48-44(49-40(34)55)47-24-50(2)3)38(54)45(26-12-8-7-9-13-26,27-16-20-29(58-4)21-17-27)28-18-22-30(59-5)23-19-28/h7-25,33,35-38,43,53-54H,6H2,1-5H3,(H,48,49,55)/t33?,35-,36+,37-,38?,43-/m1/s1. The predicted octanol–water partition coefficient (Wildman–Crippen LogP) is 4.43. The van der Waals surface area contributed by atoms with Crippen molar-refractivity contribution in [2.24, 2.45) is 4.99 Å². The minimum absolute atomic E-state index is 0.0277. The Hall–Kier alpha value is -6.72. The third kappa shape index (κ3) is 7.12. The van der Waals surface area contributed by atoms with Crippen LogP contribution < -0.4 is 15.0 Å². The van der Waals surface area contributed by atoms with Crippen molar-refractivity contribution < 1.29 is 38.7 Å². The molecule has 0 spiro atoms. The number of fused-ring (bicyclic) bond motifs is 2. The van der Waals surface area contributed by atoms with E-state index < -0.39 is 59.7 Å². The summed E-state index contributed by atoms with van der Waals surface area (Å²) >= 11 is 0. The molecule has 0 bridgehead atoms. The molecule has 2 aliphatic heterocycles. The van der Waals surface area contributed by atoms with Crippen LogP contribution in [-0.4, -0.2) is 117 Å². The van der Waals surface area contributed by atoms with Crippen LogP contribution in [0, 0.1) is 0 Å². The molecule has 2 unspecified atom stereocenters. The van der Waals surface area contributed by atoms with Gasteiger partial charge < -0.3 is 34.1 Å². The van der Waals surface area contributed by atoms with Gasteiger partial charge in [0, 0.05) is 14.1 Å². The molecule has 314 valence electrons. The lowest BCUT2D eigenvalue weighted by Gasteiger charge is -2.43. The summed E-state index contributed by atoms with van der Waals surface area (Å²) in [5, 5.41) is 26.0. The van der Waals surface area contributed by atoms with E-state index in [9.17, 15) is 24.6 Å². The molecule has 0 radical (unpaired) electrons. The zero-order chi connectivity index (χ0) is 43.0. The minimum Gasteiger partial charge on any atom is -0.497 e. The van der Waals surface area contributed by atoms with Crippen LogP contribution in [0.15, 0.2) is 119 Å². The maximum absolute atomic E-state index is 13.8. The number of ether oxygens (including phenoxy) is 4. The van der Waals surface area contributed by atoms with Gasteiger partial charge in [0.2, 0.25) is 5.95 Å². The summed E-state index contributed by atoms with van der Waals surface area (Å²) in [6.07, 6.45) is -5.63. The molecular formula is C45H45N7O9. The third-order valence-electron chi connectivity index (χ3n) is 11.2. The van der Waals surface area contributed by atoms with Gasteiger partial charge in [-0.1, -0.05) is 73.7 Å². The van der Waals surface area contributed by atoms with Gasteiger partial charge in [0.1, 0.15) is 42.1 Å². The zero-order valence-electron chi connectivity index (χ0n) is 34.1. The summed E-state index contributed by atoms with van der Waals surface area (Å²) in [4.78, 5) is 59.5. The molecule has 61 heavy (non-hydrogen) atoms. The second-order valence-corrected chi connectivity index (χ2v) is 15.0. The van der Waals surface area contributed by atoms with Crippen LogP contribution >= 0.6 is 0 Å². The first-order valence-corrected chi connectivity index (χ1v) is 19.7. The number of aromatic nitrogens is 4. The number of H-pyrrole nitrogens is 1. The number of hydrogen-bond acceptors (Lipinski definition) is 12. The van der Waals surface area contributed by atoms with Crippen LogP contribution in [0.3, 0.4) is 0 Å². The van der Waals surface area contributed by atoms with Crippen molar-refractivity contribution in [1.82, 2.24) is 29.3 Å². The smallest absolute Gasteiger partial charge is 0.280 e.